The topological polar surface area (TPSA) is 33.1 Å². The molecule has 0 saturated carbocycles. The SMILES string of the molecule is CC(C)(CCc1ccncc1)[Si](C)(C)O. The van der Waals surface area contributed by atoms with E-state index in [1.54, 1.807) is 0 Å². The number of hydrogen-bond acceptors (Lipinski definition) is 2. The Hall–Kier alpha value is -0.673. The number of nitrogens with zero attached hydrogens (tertiary/aromatic N) is 1. The Morgan fingerprint density at radius 1 is 1.27 bits per heavy atom. The lowest BCUT2D eigenvalue weighted by Gasteiger charge is -2.35. The highest BCUT2D eigenvalue weighted by molar-refractivity contribution is 6.72. The Morgan fingerprint density at radius 3 is 2.27 bits per heavy atom. The minimum Gasteiger partial charge on any atom is -0.432 e. The predicted molar refractivity (Wildman–Crippen MR) is 66.3 cm³/mol. The van der Waals surface area contributed by atoms with Crippen molar-refractivity contribution in [2.45, 2.75) is 44.8 Å². The molecule has 1 N–H and O–H groups in total. The van der Waals surface area contributed by atoms with Crippen molar-refractivity contribution in [3.05, 3.63) is 30.1 Å². The number of rotatable bonds is 4. The zero-order valence-electron chi connectivity index (χ0n) is 10.1. The van der Waals surface area contributed by atoms with Crippen LogP contribution in [-0.4, -0.2) is 18.1 Å². The average Bonchev–Trinajstić information content (AvgIpc) is 2.15. The van der Waals surface area contributed by atoms with Crippen LogP contribution in [0, 0.1) is 0 Å². The summed E-state index contributed by atoms with van der Waals surface area (Å²) in [5, 5.41) is 0.0657. The third kappa shape index (κ3) is 3.43. The first-order chi connectivity index (χ1) is 6.83. The number of hydrogen-bond donors (Lipinski definition) is 1. The fraction of sp³-hybridized carbons (Fsp3) is 0.583. The van der Waals surface area contributed by atoms with Crippen molar-refractivity contribution in [2.24, 2.45) is 0 Å². The molecule has 1 rings (SSSR count). The van der Waals surface area contributed by atoms with Crippen LogP contribution >= 0.6 is 0 Å². The Balaban J connectivity index is 2.58. The standard InChI is InChI=1S/C12H21NOSi/c1-12(2,15(3,4)14)8-5-11-6-9-13-10-7-11/h6-7,9-10,14H,5,8H2,1-4H3. The van der Waals surface area contributed by atoms with Gasteiger partial charge in [-0.3, -0.25) is 4.98 Å². The van der Waals surface area contributed by atoms with Gasteiger partial charge in [-0.05, 0) is 48.7 Å². The maximum atomic E-state index is 10.1. The van der Waals surface area contributed by atoms with Crippen molar-refractivity contribution in [2.75, 3.05) is 0 Å². The van der Waals surface area contributed by atoms with Gasteiger partial charge in [-0.25, -0.2) is 0 Å². The molecule has 0 fully saturated rings. The summed E-state index contributed by atoms with van der Waals surface area (Å²) in [6, 6.07) is 4.09. The first-order valence-corrected chi connectivity index (χ1v) is 8.39. The van der Waals surface area contributed by atoms with Gasteiger partial charge in [0, 0.05) is 12.4 Å². The summed E-state index contributed by atoms with van der Waals surface area (Å²) in [6.45, 7) is 8.36. The first kappa shape index (κ1) is 12.4. The summed E-state index contributed by atoms with van der Waals surface area (Å²) in [4.78, 5) is 14.1. The Kier molecular flexibility index (Phi) is 3.68. The van der Waals surface area contributed by atoms with Crippen LogP contribution in [0.15, 0.2) is 24.5 Å². The lowest BCUT2D eigenvalue weighted by Crippen LogP contribution is -2.39. The predicted octanol–water partition coefficient (Wildman–Crippen LogP) is 2.99. The van der Waals surface area contributed by atoms with Gasteiger partial charge in [-0.1, -0.05) is 13.8 Å². The fourth-order valence-corrected chi connectivity index (χ4v) is 2.05. The molecule has 0 aliphatic carbocycles. The van der Waals surface area contributed by atoms with Crippen molar-refractivity contribution in [3.8, 4) is 0 Å². The zero-order chi connectivity index (χ0) is 11.5. The molecule has 0 radical (unpaired) electrons. The quantitative estimate of drug-likeness (QED) is 0.796. The van der Waals surface area contributed by atoms with Crippen LogP contribution in [0.1, 0.15) is 25.8 Å². The zero-order valence-corrected chi connectivity index (χ0v) is 11.1. The van der Waals surface area contributed by atoms with Gasteiger partial charge < -0.3 is 4.80 Å². The van der Waals surface area contributed by atoms with Gasteiger partial charge in [-0.15, -0.1) is 0 Å². The minimum atomic E-state index is -2.05. The van der Waals surface area contributed by atoms with E-state index in [1.807, 2.05) is 37.6 Å². The molecule has 0 amide bonds. The second-order valence-electron chi connectivity index (χ2n) is 5.30. The van der Waals surface area contributed by atoms with Crippen LogP contribution < -0.4 is 0 Å². The van der Waals surface area contributed by atoms with E-state index in [1.165, 1.54) is 5.56 Å². The average molecular weight is 223 g/mol. The van der Waals surface area contributed by atoms with E-state index >= 15 is 0 Å². The maximum absolute atomic E-state index is 10.1. The molecular formula is C12H21NOSi. The molecule has 0 aliphatic heterocycles. The van der Waals surface area contributed by atoms with Crippen LogP contribution in [0.3, 0.4) is 0 Å². The van der Waals surface area contributed by atoms with Crippen molar-refractivity contribution >= 4 is 8.32 Å². The van der Waals surface area contributed by atoms with E-state index in [4.69, 9.17) is 0 Å². The number of aromatic nitrogens is 1. The van der Waals surface area contributed by atoms with E-state index in [-0.39, 0.29) is 5.04 Å². The van der Waals surface area contributed by atoms with Crippen LogP contribution in [0.2, 0.25) is 18.1 Å². The third-order valence-electron chi connectivity index (χ3n) is 3.44. The first-order valence-electron chi connectivity index (χ1n) is 5.44. The van der Waals surface area contributed by atoms with Gasteiger partial charge in [0.2, 0.25) is 0 Å². The molecule has 0 spiro atoms. The highest BCUT2D eigenvalue weighted by Gasteiger charge is 2.37. The van der Waals surface area contributed by atoms with Crippen LogP contribution in [-0.2, 0) is 6.42 Å². The van der Waals surface area contributed by atoms with Gasteiger partial charge in [-0.2, -0.15) is 0 Å². The van der Waals surface area contributed by atoms with Gasteiger partial charge in [0.1, 0.15) is 0 Å². The Bertz CT molecular complexity index is 303. The second kappa shape index (κ2) is 4.45. The molecule has 0 aliphatic rings. The number of aryl methyl sites for hydroxylation is 1. The van der Waals surface area contributed by atoms with E-state index in [0.29, 0.717) is 0 Å². The summed E-state index contributed by atoms with van der Waals surface area (Å²) >= 11 is 0. The van der Waals surface area contributed by atoms with Crippen LogP contribution in [0.25, 0.3) is 0 Å². The normalized spacial score (nSPS) is 12.9. The Morgan fingerprint density at radius 2 is 1.80 bits per heavy atom. The van der Waals surface area contributed by atoms with Gasteiger partial charge in [0.25, 0.3) is 0 Å². The number of pyridine rings is 1. The highest BCUT2D eigenvalue weighted by Crippen LogP contribution is 2.39. The summed E-state index contributed by atoms with van der Waals surface area (Å²) in [5.74, 6) is 0. The Labute approximate surface area is 93.5 Å². The second-order valence-corrected chi connectivity index (χ2v) is 9.77. The lowest BCUT2D eigenvalue weighted by atomic mass is 10.0. The van der Waals surface area contributed by atoms with Gasteiger partial charge >= 0.3 is 0 Å². The van der Waals surface area contributed by atoms with E-state index in [0.717, 1.165) is 12.8 Å². The maximum Gasteiger partial charge on any atom is 0.188 e. The molecular weight excluding hydrogens is 202 g/mol. The summed E-state index contributed by atoms with van der Waals surface area (Å²) < 4.78 is 0. The molecule has 0 saturated heterocycles. The minimum absolute atomic E-state index is 0.0657. The highest BCUT2D eigenvalue weighted by atomic mass is 28.4. The van der Waals surface area contributed by atoms with Gasteiger partial charge in [0.05, 0.1) is 0 Å². The fourth-order valence-electron chi connectivity index (χ4n) is 1.31. The summed E-state index contributed by atoms with van der Waals surface area (Å²) in [5.41, 5.74) is 1.30. The van der Waals surface area contributed by atoms with E-state index < -0.39 is 8.32 Å². The molecule has 1 aromatic rings. The van der Waals surface area contributed by atoms with Crippen molar-refractivity contribution < 1.29 is 4.80 Å². The smallest absolute Gasteiger partial charge is 0.188 e. The monoisotopic (exact) mass is 223 g/mol. The molecule has 3 heteroatoms. The third-order valence-corrected chi connectivity index (χ3v) is 7.01. The van der Waals surface area contributed by atoms with E-state index in [9.17, 15) is 4.80 Å². The molecule has 1 aromatic heterocycles. The molecule has 84 valence electrons. The van der Waals surface area contributed by atoms with Crippen molar-refractivity contribution in [3.63, 3.8) is 0 Å². The molecule has 0 aromatic carbocycles. The largest absolute Gasteiger partial charge is 0.432 e. The van der Waals surface area contributed by atoms with Crippen LogP contribution in [0.4, 0.5) is 0 Å². The van der Waals surface area contributed by atoms with Crippen molar-refractivity contribution in [1.82, 2.24) is 4.98 Å². The molecule has 1 heterocycles. The van der Waals surface area contributed by atoms with E-state index in [2.05, 4.69) is 18.8 Å². The summed E-state index contributed by atoms with van der Waals surface area (Å²) in [6.07, 6.45) is 5.70. The van der Waals surface area contributed by atoms with Crippen molar-refractivity contribution in [1.29, 1.82) is 0 Å². The molecule has 0 atom stereocenters. The summed E-state index contributed by atoms with van der Waals surface area (Å²) in [7, 11) is -2.05. The molecule has 15 heavy (non-hydrogen) atoms. The van der Waals surface area contributed by atoms with Crippen LogP contribution in [0.5, 0.6) is 0 Å². The molecule has 2 nitrogen and oxygen atoms in total. The molecule has 0 bridgehead atoms. The molecule has 0 unspecified atom stereocenters. The van der Waals surface area contributed by atoms with Gasteiger partial charge in [0.15, 0.2) is 8.32 Å². The lowest BCUT2D eigenvalue weighted by molar-refractivity contribution is 0.451.